The van der Waals surface area contributed by atoms with Gasteiger partial charge in [-0.1, -0.05) is 25.7 Å². The normalized spacial score (nSPS) is 15.2. The summed E-state index contributed by atoms with van der Waals surface area (Å²) in [6, 6.07) is 3.66. The van der Waals surface area contributed by atoms with Crippen LogP contribution in [-0.2, 0) is 6.54 Å². The molecule has 8 heteroatoms. The first-order valence-electron chi connectivity index (χ1n) is 8.75. The Labute approximate surface area is 165 Å². The van der Waals surface area contributed by atoms with E-state index >= 15 is 0 Å². The molecule has 3 N–H and O–H groups in total. The zero-order chi connectivity index (χ0) is 16.6. The summed E-state index contributed by atoms with van der Waals surface area (Å²) in [4.78, 5) is 8.65. The summed E-state index contributed by atoms with van der Waals surface area (Å²) in [6.07, 6.45) is 9.78. The van der Waals surface area contributed by atoms with Crippen LogP contribution in [0.1, 0.15) is 44.3 Å². The van der Waals surface area contributed by atoms with Crippen LogP contribution < -0.4 is 10.6 Å². The fourth-order valence-corrected chi connectivity index (χ4v) is 3.17. The molecule has 0 bridgehead atoms. The van der Waals surface area contributed by atoms with E-state index in [2.05, 4.69) is 30.8 Å². The van der Waals surface area contributed by atoms with Gasteiger partial charge in [0.2, 0.25) is 5.82 Å². The Hall–Kier alpha value is -1.58. The minimum Gasteiger partial charge on any atom is -0.461 e. The van der Waals surface area contributed by atoms with Crippen LogP contribution in [0.2, 0.25) is 0 Å². The predicted molar refractivity (Wildman–Crippen MR) is 109 cm³/mol. The van der Waals surface area contributed by atoms with Crippen molar-refractivity contribution in [3.8, 4) is 11.6 Å². The lowest BCUT2D eigenvalue weighted by Crippen LogP contribution is -2.37. The van der Waals surface area contributed by atoms with Crippen LogP contribution >= 0.6 is 24.0 Å². The summed E-state index contributed by atoms with van der Waals surface area (Å²) in [5.74, 6) is 3.70. The predicted octanol–water partition coefficient (Wildman–Crippen LogP) is 3.32. The molecule has 2 aromatic rings. The maximum absolute atomic E-state index is 5.29. The molecule has 0 unspecified atom stereocenters. The van der Waals surface area contributed by atoms with E-state index in [1.54, 1.807) is 13.3 Å². The van der Waals surface area contributed by atoms with Gasteiger partial charge in [-0.2, -0.15) is 0 Å². The third kappa shape index (κ3) is 6.02. The van der Waals surface area contributed by atoms with Crippen molar-refractivity contribution in [2.45, 2.75) is 45.1 Å². The van der Waals surface area contributed by atoms with Gasteiger partial charge in [0.1, 0.15) is 5.82 Å². The van der Waals surface area contributed by atoms with Crippen LogP contribution in [0.15, 0.2) is 27.8 Å². The van der Waals surface area contributed by atoms with E-state index in [-0.39, 0.29) is 24.0 Å². The van der Waals surface area contributed by atoms with Gasteiger partial charge in [-0.3, -0.25) is 10.1 Å². The van der Waals surface area contributed by atoms with Crippen molar-refractivity contribution < 1.29 is 4.42 Å². The van der Waals surface area contributed by atoms with Crippen molar-refractivity contribution >= 4 is 29.9 Å². The summed E-state index contributed by atoms with van der Waals surface area (Å²) >= 11 is 0. The van der Waals surface area contributed by atoms with Crippen molar-refractivity contribution in [3.05, 3.63) is 24.2 Å². The molecular formula is C17H27IN6O. The van der Waals surface area contributed by atoms with Crippen molar-refractivity contribution in [2.75, 3.05) is 13.6 Å². The maximum Gasteiger partial charge on any atom is 0.216 e. The monoisotopic (exact) mass is 458 g/mol. The van der Waals surface area contributed by atoms with Gasteiger partial charge in [0.15, 0.2) is 11.7 Å². The summed E-state index contributed by atoms with van der Waals surface area (Å²) in [5, 5.41) is 13.7. The number of guanidine groups is 1. The minimum absolute atomic E-state index is 0. The number of hydrogen-bond acceptors (Lipinski definition) is 4. The van der Waals surface area contributed by atoms with Gasteiger partial charge in [0, 0.05) is 13.6 Å². The highest BCUT2D eigenvalue weighted by Crippen LogP contribution is 2.28. The number of aliphatic imine (C=N–C) groups is 1. The number of hydrogen-bond donors (Lipinski definition) is 3. The molecule has 138 valence electrons. The zero-order valence-electron chi connectivity index (χ0n) is 14.6. The topological polar surface area (TPSA) is 91.1 Å². The summed E-state index contributed by atoms with van der Waals surface area (Å²) in [7, 11) is 1.78. The lowest BCUT2D eigenvalue weighted by Gasteiger charge is -2.12. The second-order valence-corrected chi connectivity index (χ2v) is 6.23. The highest BCUT2D eigenvalue weighted by molar-refractivity contribution is 14.0. The third-order valence-corrected chi connectivity index (χ3v) is 4.48. The third-order valence-electron chi connectivity index (χ3n) is 4.48. The molecule has 1 saturated carbocycles. The quantitative estimate of drug-likeness (QED) is 0.256. The van der Waals surface area contributed by atoms with Gasteiger partial charge in [-0.25, -0.2) is 4.98 Å². The molecule has 0 saturated heterocycles. The molecule has 25 heavy (non-hydrogen) atoms. The molecule has 2 heterocycles. The average molecular weight is 458 g/mol. The fourth-order valence-electron chi connectivity index (χ4n) is 3.17. The lowest BCUT2D eigenvalue weighted by molar-refractivity contribution is 0.481. The van der Waals surface area contributed by atoms with E-state index < -0.39 is 0 Å². The number of nitrogens with zero attached hydrogens (tertiary/aromatic N) is 3. The minimum atomic E-state index is 0. The molecule has 7 nitrogen and oxygen atoms in total. The molecule has 0 radical (unpaired) electrons. The molecule has 3 rings (SSSR count). The smallest absolute Gasteiger partial charge is 0.216 e. The molecule has 1 aliphatic rings. The van der Waals surface area contributed by atoms with E-state index in [1.807, 2.05) is 12.1 Å². The van der Waals surface area contributed by atoms with Crippen molar-refractivity contribution in [3.63, 3.8) is 0 Å². The van der Waals surface area contributed by atoms with E-state index in [0.29, 0.717) is 18.1 Å². The number of nitrogens with one attached hydrogen (secondary N) is 3. The lowest BCUT2D eigenvalue weighted by atomic mass is 10.0. The summed E-state index contributed by atoms with van der Waals surface area (Å²) in [5.41, 5.74) is 0. The number of furan rings is 1. The highest BCUT2D eigenvalue weighted by atomic mass is 127. The van der Waals surface area contributed by atoms with Crippen molar-refractivity contribution in [2.24, 2.45) is 10.9 Å². The van der Waals surface area contributed by atoms with Crippen LogP contribution in [0.25, 0.3) is 11.6 Å². The number of aromatic nitrogens is 3. The Morgan fingerprint density at radius 1 is 1.36 bits per heavy atom. The van der Waals surface area contributed by atoms with Gasteiger partial charge in [-0.05, 0) is 30.9 Å². The molecule has 0 aliphatic heterocycles. The standard InChI is InChI=1S/C17H26N6O.HI/c1-18-17(19-10-4-8-13-6-2-3-7-13)20-12-15-21-16(23-22-15)14-9-5-11-24-14;/h5,9,11,13H,2-4,6-8,10,12H2,1H3,(H2,18,19,20)(H,21,22,23);1H. The number of aromatic amines is 1. The first kappa shape index (κ1) is 19.7. The molecule has 0 aromatic carbocycles. The Morgan fingerprint density at radius 3 is 2.92 bits per heavy atom. The zero-order valence-corrected chi connectivity index (χ0v) is 17.0. The van der Waals surface area contributed by atoms with E-state index in [1.165, 1.54) is 38.5 Å². The van der Waals surface area contributed by atoms with Crippen molar-refractivity contribution in [1.29, 1.82) is 0 Å². The second-order valence-electron chi connectivity index (χ2n) is 6.23. The summed E-state index contributed by atoms with van der Waals surface area (Å²) < 4.78 is 5.29. The van der Waals surface area contributed by atoms with Gasteiger partial charge in [0.25, 0.3) is 0 Å². The van der Waals surface area contributed by atoms with Crippen LogP contribution in [0.4, 0.5) is 0 Å². The van der Waals surface area contributed by atoms with Gasteiger partial charge < -0.3 is 15.1 Å². The molecule has 0 spiro atoms. The fraction of sp³-hybridized carbons (Fsp3) is 0.588. The second kappa shape index (κ2) is 10.4. The number of H-pyrrole nitrogens is 1. The molecule has 0 amide bonds. The van der Waals surface area contributed by atoms with E-state index in [4.69, 9.17) is 4.42 Å². The van der Waals surface area contributed by atoms with Gasteiger partial charge in [0.05, 0.1) is 12.8 Å². The van der Waals surface area contributed by atoms with E-state index in [9.17, 15) is 0 Å². The van der Waals surface area contributed by atoms with Gasteiger partial charge >= 0.3 is 0 Å². The molecule has 0 atom stereocenters. The highest BCUT2D eigenvalue weighted by Gasteiger charge is 2.14. The molecule has 1 fully saturated rings. The largest absolute Gasteiger partial charge is 0.461 e. The van der Waals surface area contributed by atoms with Crippen LogP contribution in [0.5, 0.6) is 0 Å². The Kier molecular flexibility index (Phi) is 8.23. The first-order valence-corrected chi connectivity index (χ1v) is 8.75. The van der Waals surface area contributed by atoms with Crippen LogP contribution in [0, 0.1) is 5.92 Å². The number of halogens is 1. The molecule has 1 aliphatic carbocycles. The Bertz CT molecular complexity index is 633. The van der Waals surface area contributed by atoms with Crippen LogP contribution in [0.3, 0.4) is 0 Å². The first-order chi connectivity index (χ1) is 11.8. The SMILES string of the molecule is CN=C(NCCCC1CCCC1)NCc1nc(-c2ccco2)n[nH]1.I. The Morgan fingerprint density at radius 2 is 2.20 bits per heavy atom. The van der Waals surface area contributed by atoms with Crippen LogP contribution in [-0.4, -0.2) is 34.7 Å². The molecular weight excluding hydrogens is 431 g/mol. The summed E-state index contributed by atoms with van der Waals surface area (Å²) in [6.45, 7) is 1.49. The van der Waals surface area contributed by atoms with Gasteiger partial charge in [-0.15, -0.1) is 29.1 Å². The maximum atomic E-state index is 5.29. The average Bonchev–Trinajstić information content (AvgIpc) is 3.35. The number of rotatable bonds is 7. The van der Waals surface area contributed by atoms with E-state index in [0.717, 1.165) is 24.2 Å². The molecule has 2 aromatic heterocycles. The Balaban J connectivity index is 0.00000225. The van der Waals surface area contributed by atoms with Crippen molar-refractivity contribution in [1.82, 2.24) is 25.8 Å².